The minimum absolute atomic E-state index is 0.117. The molecule has 2 aromatic rings. The number of benzene rings is 1. The normalized spacial score (nSPS) is 18.2. The lowest BCUT2D eigenvalue weighted by Crippen LogP contribution is -2.38. The molecule has 0 radical (unpaired) electrons. The first-order valence-electron chi connectivity index (χ1n) is 7.15. The molecule has 1 aliphatic rings. The van der Waals surface area contributed by atoms with Crippen molar-refractivity contribution in [3.63, 3.8) is 0 Å². The van der Waals surface area contributed by atoms with E-state index in [1.807, 2.05) is 0 Å². The van der Waals surface area contributed by atoms with E-state index >= 15 is 0 Å². The van der Waals surface area contributed by atoms with Crippen molar-refractivity contribution in [2.75, 3.05) is 5.75 Å². The standard InChI is InChI=1S/C16H12F2N2O4S/c17-10-5-9(6-11(18)7-10)14-2-1-13(16(22)20-14)15(21)19-12-3-4-25(23,24)8-12/h1-7,12H,8H2,(H,19,21)(H,20,22)/t12-/m1/s1. The van der Waals surface area contributed by atoms with E-state index in [0.29, 0.717) is 6.07 Å². The Hall–Kier alpha value is -2.81. The fraction of sp³-hybridized carbons (Fsp3) is 0.125. The Bertz CT molecular complexity index is 1020. The molecule has 1 aliphatic heterocycles. The van der Waals surface area contributed by atoms with Crippen LogP contribution in [0, 0.1) is 11.6 Å². The lowest BCUT2D eigenvalue weighted by molar-refractivity contribution is 0.0946. The molecule has 3 rings (SSSR count). The van der Waals surface area contributed by atoms with Crippen LogP contribution >= 0.6 is 0 Å². The molecule has 0 aliphatic carbocycles. The Morgan fingerprint density at radius 2 is 1.84 bits per heavy atom. The maximum absolute atomic E-state index is 13.3. The molecule has 1 atom stereocenters. The minimum Gasteiger partial charge on any atom is -0.345 e. The number of rotatable bonds is 3. The molecule has 130 valence electrons. The zero-order valence-corrected chi connectivity index (χ0v) is 13.4. The molecule has 0 unspecified atom stereocenters. The number of sulfone groups is 1. The predicted molar refractivity (Wildman–Crippen MR) is 86.6 cm³/mol. The highest BCUT2D eigenvalue weighted by atomic mass is 32.2. The summed E-state index contributed by atoms with van der Waals surface area (Å²) in [4.78, 5) is 26.6. The monoisotopic (exact) mass is 366 g/mol. The zero-order valence-electron chi connectivity index (χ0n) is 12.6. The summed E-state index contributed by atoms with van der Waals surface area (Å²) in [7, 11) is -3.34. The second kappa shape index (κ2) is 6.25. The zero-order chi connectivity index (χ0) is 18.2. The van der Waals surface area contributed by atoms with Crippen molar-refractivity contribution in [1.29, 1.82) is 0 Å². The lowest BCUT2D eigenvalue weighted by Gasteiger charge is -2.10. The van der Waals surface area contributed by atoms with Gasteiger partial charge in [-0.3, -0.25) is 9.59 Å². The number of carbonyl (C=O) groups excluding carboxylic acids is 1. The smallest absolute Gasteiger partial charge is 0.261 e. The number of hydrogen-bond acceptors (Lipinski definition) is 4. The molecule has 1 aromatic carbocycles. The van der Waals surface area contributed by atoms with Gasteiger partial charge in [0.05, 0.1) is 11.8 Å². The van der Waals surface area contributed by atoms with E-state index in [-0.39, 0.29) is 22.6 Å². The molecule has 2 N–H and O–H groups in total. The molecule has 2 heterocycles. The van der Waals surface area contributed by atoms with Gasteiger partial charge in [-0.2, -0.15) is 0 Å². The summed E-state index contributed by atoms with van der Waals surface area (Å²) in [6, 6.07) is 4.62. The molecule has 0 saturated carbocycles. The Labute approximate surface area is 141 Å². The Morgan fingerprint density at radius 3 is 2.40 bits per heavy atom. The van der Waals surface area contributed by atoms with Gasteiger partial charge in [-0.1, -0.05) is 0 Å². The Kier molecular flexibility index (Phi) is 4.25. The summed E-state index contributed by atoms with van der Waals surface area (Å²) in [6.45, 7) is 0. The highest BCUT2D eigenvalue weighted by molar-refractivity contribution is 7.94. The average Bonchev–Trinajstić information content (AvgIpc) is 2.84. The third kappa shape index (κ3) is 3.82. The molecule has 25 heavy (non-hydrogen) atoms. The van der Waals surface area contributed by atoms with Crippen LogP contribution in [0.15, 0.2) is 46.6 Å². The summed E-state index contributed by atoms with van der Waals surface area (Å²) in [5, 5.41) is 3.43. The molecule has 1 amide bonds. The van der Waals surface area contributed by atoms with Gasteiger partial charge < -0.3 is 10.3 Å². The van der Waals surface area contributed by atoms with Crippen molar-refractivity contribution in [3.05, 3.63) is 69.4 Å². The maximum atomic E-state index is 13.3. The third-order valence-corrected chi connectivity index (χ3v) is 4.97. The van der Waals surface area contributed by atoms with Crippen LogP contribution in [0.4, 0.5) is 8.78 Å². The number of aromatic nitrogens is 1. The molecule has 0 bridgehead atoms. The van der Waals surface area contributed by atoms with Crippen molar-refractivity contribution in [1.82, 2.24) is 10.3 Å². The van der Waals surface area contributed by atoms with Gasteiger partial charge in [0.15, 0.2) is 9.84 Å². The average molecular weight is 366 g/mol. The van der Waals surface area contributed by atoms with Crippen LogP contribution in [0.1, 0.15) is 10.4 Å². The quantitative estimate of drug-likeness (QED) is 0.857. The van der Waals surface area contributed by atoms with E-state index in [4.69, 9.17) is 0 Å². The number of H-pyrrole nitrogens is 1. The molecule has 6 nitrogen and oxygen atoms in total. The van der Waals surface area contributed by atoms with Gasteiger partial charge in [-0.05, 0) is 30.3 Å². The van der Waals surface area contributed by atoms with Crippen molar-refractivity contribution < 1.29 is 22.0 Å². The number of amides is 1. The second-order valence-electron chi connectivity index (χ2n) is 5.51. The first-order valence-corrected chi connectivity index (χ1v) is 8.87. The van der Waals surface area contributed by atoms with Crippen molar-refractivity contribution >= 4 is 15.7 Å². The highest BCUT2D eigenvalue weighted by Gasteiger charge is 2.24. The SMILES string of the molecule is O=C(N[C@@H]1C=CS(=O)(=O)C1)c1ccc(-c2cc(F)cc(F)c2)[nH]c1=O. The van der Waals surface area contributed by atoms with Gasteiger partial charge in [0.25, 0.3) is 11.5 Å². The first kappa shape index (κ1) is 17.0. The van der Waals surface area contributed by atoms with Crippen LogP contribution in [0.25, 0.3) is 11.3 Å². The highest BCUT2D eigenvalue weighted by Crippen LogP contribution is 2.19. The number of hydrogen-bond donors (Lipinski definition) is 2. The Morgan fingerprint density at radius 1 is 1.16 bits per heavy atom. The molecular weight excluding hydrogens is 354 g/mol. The summed E-state index contributed by atoms with van der Waals surface area (Å²) < 4.78 is 49.2. The number of nitrogens with one attached hydrogen (secondary N) is 2. The van der Waals surface area contributed by atoms with E-state index in [0.717, 1.165) is 17.5 Å². The fourth-order valence-corrected chi connectivity index (χ4v) is 3.68. The third-order valence-electron chi connectivity index (χ3n) is 3.57. The van der Waals surface area contributed by atoms with E-state index < -0.39 is 39.0 Å². The van der Waals surface area contributed by atoms with Gasteiger partial charge in [0.1, 0.15) is 17.2 Å². The molecule has 0 saturated heterocycles. The van der Waals surface area contributed by atoms with E-state index in [9.17, 15) is 26.8 Å². The van der Waals surface area contributed by atoms with Crippen molar-refractivity contribution in [2.45, 2.75) is 6.04 Å². The lowest BCUT2D eigenvalue weighted by atomic mass is 10.1. The summed E-state index contributed by atoms with van der Waals surface area (Å²) >= 11 is 0. The van der Waals surface area contributed by atoms with Gasteiger partial charge in [-0.25, -0.2) is 17.2 Å². The first-order chi connectivity index (χ1) is 11.7. The second-order valence-corrected chi connectivity index (χ2v) is 7.44. The molecular formula is C16H12F2N2O4S. The topological polar surface area (TPSA) is 96.1 Å². The van der Waals surface area contributed by atoms with Crippen LogP contribution in [-0.2, 0) is 9.84 Å². The fourth-order valence-electron chi connectivity index (χ4n) is 2.44. The largest absolute Gasteiger partial charge is 0.345 e. The van der Waals surface area contributed by atoms with Crippen molar-refractivity contribution in [3.8, 4) is 11.3 Å². The van der Waals surface area contributed by atoms with Crippen LogP contribution in [0.2, 0.25) is 0 Å². The minimum atomic E-state index is -3.34. The van der Waals surface area contributed by atoms with Gasteiger partial charge in [0.2, 0.25) is 0 Å². The van der Waals surface area contributed by atoms with Gasteiger partial charge in [-0.15, -0.1) is 0 Å². The van der Waals surface area contributed by atoms with Crippen LogP contribution < -0.4 is 10.9 Å². The molecule has 1 aromatic heterocycles. The van der Waals surface area contributed by atoms with Gasteiger partial charge in [0, 0.05) is 22.7 Å². The summed E-state index contributed by atoms with van der Waals surface area (Å²) in [5.41, 5.74) is -0.738. The number of halogens is 2. The summed E-state index contributed by atoms with van der Waals surface area (Å²) in [6.07, 6.45) is 1.32. The van der Waals surface area contributed by atoms with Crippen LogP contribution in [0.3, 0.4) is 0 Å². The molecule has 9 heteroatoms. The van der Waals surface area contributed by atoms with E-state index in [1.54, 1.807) is 0 Å². The number of aromatic amines is 1. The van der Waals surface area contributed by atoms with Crippen molar-refractivity contribution in [2.24, 2.45) is 0 Å². The van der Waals surface area contributed by atoms with Gasteiger partial charge >= 0.3 is 0 Å². The molecule has 0 fully saturated rings. The van der Waals surface area contributed by atoms with E-state index in [1.165, 1.54) is 18.2 Å². The molecule has 0 spiro atoms. The number of carbonyl (C=O) groups is 1. The Balaban J connectivity index is 1.84. The number of pyridine rings is 1. The van der Waals surface area contributed by atoms with E-state index in [2.05, 4.69) is 10.3 Å². The summed E-state index contributed by atoms with van der Waals surface area (Å²) in [5.74, 6) is -2.61. The maximum Gasteiger partial charge on any atom is 0.261 e. The van der Waals surface area contributed by atoms with Crippen LogP contribution in [-0.4, -0.2) is 31.1 Å². The predicted octanol–water partition coefficient (Wildman–Crippen LogP) is 1.36. The van der Waals surface area contributed by atoms with Crippen LogP contribution in [0.5, 0.6) is 0 Å².